The molecule has 6 heteroatoms. The number of rotatable bonds is 8. The number of para-hydroxylation sites is 2. The zero-order valence-corrected chi connectivity index (χ0v) is 17.8. The van der Waals surface area contributed by atoms with E-state index in [4.69, 9.17) is 14.5 Å². The molecule has 1 aliphatic heterocycles. The molecule has 2 aromatic carbocycles. The molecule has 0 unspecified atom stereocenters. The van der Waals surface area contributed by atoms with E-state index in [0.717, 1.165) is 73.9 Å². The van der Waals surface area contributed by atoms with Crippen LogP contribution < -0.4 is 19.7 Å². The van der Waals surface area contributed by atoms with Gasteiger partial charge in [0.1, 0.15) is 17.3 Å². The Labute approximate surface area is 178 Å². The van der Waals surface area contributed by atoms with Gasteiger partial charge in [-0.1, -0.05) is 12.1 Å². The van der Waals surface area contributed by atoms with Crippen LogP contribution in [0.3, 0.4) is 0 Å². The monoisotopic (exact) mass is 406 g/mol. The molecular weight excluding hydrogens is 376 g/mol. The molecule has 1 aromatic heterocycles. The third-order valence-corrected chi connectivity index (χ3v) is 5.65. The van der Waals surface area contributed by atoms with Crippen LogP contribution in [0.1, 0.15) is 6.42 Å². The molecule has 1 N–H and O–H groups in total. The summed E-state index contributed by atoms with van der Waals surface area (Å²) in [6.07, 6.45) is 1.09. The van der Waals surface area contributed by atoms with Crippen LogP contribution in [-0.4, -0.2) is 63.4 Å². The lowest BCUT2D eigenvalue weighted by molar-refractivity contribution is 0.256. The van der Waals surface area contributed by atoms with Gasteiger partial charge in [-0.3, -0.25) is 4.90 Å². The van der Waals surface area contributed by atoms with Gasteiger partial charge in [0.15, 0.2) is 0 Å². The van der Waals surface area contributed by atoms with Gasteiger partial charge in [0, 0.05) is 44.2 Å². The molecule has 6 nitrogen and oxygen atoms in total. The third kappa shape index (κ3) is 4.76. The number of pyridine rings is 1. The summed E-state index contributed by atoms with van der Waals surface area (Å²) in [5.41, 5.74) is 2.15. The average Bonchev–Trinajstić information content (AvgIpc) is 2.81. The molecule has 0 aliphatic carbocycles. The minimum absolute atomic E-state index is 0.833. The first-order valence-corrected chi connectivity index (χ1v) is 10.6. The summed E-state index contributed by atoms with van der Waals surface area (Å²) in [5, 5.41) is 4.58. The highest BCUT2D eigenvalue weighted by atomic mass is 16.5. The Morgan fingerprint density at radius 1 is 0.933 bits per heavy atom. The molecule has 0 saturated carbocycles. The van der Waals surface area contributed by atoms with E-state index in [1.165, 1.54) is 5.69 Å². The Morgan fingerprint density at radius 3 is 2.53 bits per heavy atom. The van der Waals surface area contributed by atoms with Gasteiger partial charge in [0.2, 0.25) is 0 Å². The van der Waals surface area contributed by atoms with Crippen molar-refractivity contribution in [1.29, 1.82) is 0 Å². The number of nitrogens with zero attached hydrogens (tertiary/aromatic N) is 3. The second kappa shape index (κ2) is 9.67. The van der Waals surface area contributed by atoms with E-state index in [-0.39, 0.29) is 0 Å². The average molecular weight is 407 g/mol. The van der Waals surface area contributed by atoms with E-state index in [0.29, 0.717) is 0 Å². The van der Waals surface area contributed by atoms with Crippen LogP contribution in [0.25, 0.3) is 10.9 Å². The van der Waals surface area contributed by atoms with Crippen LogP contribution in [0.15, 0.2) is 54.6 Å². The number of nitrogens with one attached hydrogen (secondary N) is 1. The number of methoxy groups -OCH3 is 2. The second-order valence-corrected chi connectivity index (χ2v) is 7.54. The predicted octanol–water partition coefficient (Wildman–Crippen LogP) is 3.88. The smallest absolute Gasteiger partial charge is 0.142 e. The maximum absolute atomic E-state index is 5.51. The molecule has 1 saturated heterocycles. The summed E-state index contributed by atoms with van der Waals surface area (Å²) in [5.74, 6) is 2.70. The van der Waals surface area contributed by atoms with Crippen molar-refractivity contribution in [3.8, 4) is 11.5 Å². The van der Waals surface area contributed by atoms with Crippen LogP contribution >= 0.6 is 0 Å². The van der Waals surface area contributed by atoms with Crippen LogP contribution in [0, 0.1) is 0 Å². The lowest BCUT2D eigenvalue weighted by Crippen LogP contribution is -2.46. The second-order valence-electron chi connectivity index (χ2n) is 7.54. The first-order valence-electron chi connectivity index (χ1n) is 10.6. The number of fused-ring (bicyclic) bond motifs is 1. The summed E-state index contributed by atoms with van der Waals surface area (Å²) < 4.78 is 10.8. The summed E-state index contributed by atoms with van der Waals surface area (Å²) in [6.45, 7) is 6.21. The summed E-state index contributed by atoms with van der Waals surface area (Å²) >= 11 is 0. The van der Waals surface area contributed by atoms with E-state index in [1.54, 1.807) is 14.2 Å². The topological polar surface area (TPSA) is 49.9 Å². The van der Waals surface area contributed by atoms with Gasteiger partial charge in [0.05, 0.1) is 25.4 Å². The van der Waals surface area contributed by atoms with E-state index >= 15 is 0 Å². The summed E-state index contributed by atoms with van der Waals surface area (Å²) in [6, 6.07) is 18.4. The van der Waals surface area contributed by atoms with Crippen molar-refractivity contribution in [2.75, 3.05) is 63.7 Å². The fraction of sp³-hybridized carbons (Fsp3) is 0.375. The van der Waals surface area contributed by atoms with Crippen LogP contribution in [-0.2, 0) is 0 Å². The van der Waals surface area contributed by atoms with Crippen LogP contribution in [0.4, 0.5) is 11.5 Å². The Bertz CT molecular complexity index is 970. The fourth-order valence-corrected chi connectivity index (χ4v) is 3.94. The number of hydrogen-bond acceptors (Lipinski definition) is 6. The molecule has 1 fully saturated rings. The number of anilines is 2. The van der Waals surface area contributed by atoms with Gasteiger partial charge in [-0.05, 0) is 49.4 Å². The molecule has 2 heterocycles. The van der Waals surface area contributed by atoms with Crippen molar-refractivity contribution >= 4 is 22.4 Å². The van der Waals surface area contributed by atoms with Gasteiger partial charge in [-0.15, -0.1) is 0 Å². The van der Waals surface area contributed by atoms with Crippen molar-refractivity contribution in [2.45, 2.75) is 6.42 Å². The first-order chi connectivity index (χ1) is 14.8. The van der Waals surface area contributed by atoms with E-state index in [1.807, 2.05) is 36.4 Å². The van der Waals surface area contributed by atoms with Crippen molar-refractivity contribution in [1.82, 2.24) is 9.88 Å². The number of ether oxygens (including phenoxy) is 2. The molecule has 1 aliphatic rings. The normalized spacial score (nSPS) is 14.7. The molecule has 0 spiro atoms. The van der Waals surface area contributed by atoms with Crippen LogP contribution in [0.2, 0.25) is 0 Å². The molecule has 4 rings (SSSR count). The zero-order valence-electron chi connectivity index (χ0n) is 17.8. The Kier molecular flexibility index (Phi) is 6.54. The predicted molar refractivity (Wildman–Crippen MR) is 123 cm³/mol. The van der Waals surface area contributed by atoms with Gasteiger partial charge in [0.25, 0.3) is 0 Å². The third-order valence-electron chi connectivity index (χ3n) is 5.65. The Morgan fingerprint density at radius 2 is 1.73 bits per heavy atom. The molecule has 0 atom stereocenters. The minimum Gasteiger partial charge on any atom is -0.497 e. The largest absolute Gasteiger partial charge is 0.497 e. The van der Waals surface area contributed by atoms with Crippen LogP contribution in [0.5, 0.6) is 11.5 Å². The number of hydrogen-bond donors (Lipinski definition) is 1. The standard InChI is InChI=1S/C24H30N4O2/c1-29-20-10-8-19-9-11-24(26-21(19)18-20)25-12-5-13-27-14-16-28(17-15-27)22-6-3-4-7-23(22)30-2/h3-4,6-11,18H,5,12-17H2,1-2H3,(H,25,26). The first kappa shape index (κ1) is 20.3. The van der Waals surface area contributed by atoms with Gasteiger partial charge in [-0.25, -0.2) is 4.98 Å². The molecule has 158 valence electrons. The SMILES string of the molecule is COc1ccc2ccc(NCCCN3CCN(c4ccccc4OC)CC3)nc2c1. The quantitative estimate of drug-likeness (QED) is 0.573. The van der Waals surface area contributed by atoms with E-state index in [2.05, 4.69) is 33.3 Å². The lowest BCUT2D eigenvalue weighted by Gasteiger charge is -2.36. The van der Waals surface area contributed by atoms with Gasteiger partial charge >= 0.3 is 0 Å². The molecule has 0 amide bonds. The van der Waals surface area contributed by atoms with Crippen molar-refractivity contribution in [3.63, 3.8) is 0 Å². The Balaban J connectivity index is 1.22. The number of piperazine rings is 1. The molecule has 0 bridgehead atoms. The Hall–Kier alpha value is -2.99. The zero-order chi connectivity index (χ0) is 20.8. The number of aromatic nitrogens is 1. The van der Waals surface area contributed by atoms with Crippen molar-refractivity contribution in [3.05, 3.63) is 54.6 Å². The van der Waals surface area contributed by atoms with Gasteiger partial charge < -0.3 is 19.7 Å². The fourth-order valence-electron chi connectivity index (χ4n) is 3.94. The lowest BCUT2D eigenvalue weighted by atomic mass is 10.2. The van der Waals surface area contributed by atoms with Crippen molar-refractivity contribution < 1.29 is 9.47 Å². The van der Waals surface area contributed by atoms with E-state index in [9.17, 15) is 0 Å². The maximum atomic E-state index is 5.51. The van der Waals surface area contributed by atoms with Crippen molar-refractivity contribution in [2.24, 2.45) is 0 Å². The molecular formula is C24H30N4O2. The summed E-state index contributed by atoms with van der Waals surface area (Å²) in [7, 11) is 3.42. The maximum Gasteiger partial charge on any atom is 0.142 e. The minimum atomic E-state index is 0.833. The molecule has 3 aromatic rings. The highest BCUT2D eigenvalue weighted by Gasteiger charge is 2.19. The number of benzene rings is 2. The molecule has 30 heavy (non-hydrogen) atoms. The van der Waals surface area contributed by atoms with E-state index < -0.39 is 0 Å². The van der Waals surface area contributed by atoms with Gasteiger partial charge in [-0.2, -0.15) is 0 Å². The highest BCUT2D eigenvalue weighted by Crippen LogP contribution is 2.28. The summed E-state index contributed by atoms with van der Waals surface area (Å²) in [4.78, 5) is 9.66. The molecule has 0 radical (unpaired) electrons. The highest BCUT2D eigenvalue weighted by molar-refractivity contribution is 5.81.